The van der Waals surface area contributed by atoms with Crippen LogP contribution in [0.1, 0.15) is 15.3 Å². The SMILES string of the molecule is Fc1ccc(C(Br)c2cccs2)c(F)c1. The minimum Gasteiger partial charge on any atom is -0.207 e. The summed E-state index contributed by atoms with van der Waals surface area (Å²) in [6, 6.07) is 7.43. The minimum absolute atomic E-state index is 0.210. The van der Waals surface area contributed by atoms with Crippen molar-refractivity contribution in [3.8, 4) is 0 Å². The van der Waals surface area contributed by atoms with Gasteiger partial charge in [-0.15, -0.1) is 11.3 Å². The normalized spacial score (nSPS) is 12.7. The summed E-state index contributed by atoms with van der Waals surface area (Å²) in [4.78, 5) is 0.790. The van der Waals surface area contributed by atoms with Crippen LogP contribution in [0.25, 0.3) is 0 Å². The molecule has 0 aliphatic rings. The molecule has 0 aliphatic carbocycles. The Morgan fingerprint density at radius 2 is 2.00 bits per heavy atom. The second-order valence-corrected chi connectivity index (χ2v) is 4.94. The number of thiophene rings is 1. The molecule has 2 aromatic rings. The van der Waals surface area contributed by atoms with E-state index in [1.165, 1.54) is 23.5 Å². The van der Waals surface area contributed by atoms with Crippen molar-refractivity contribution in [2.24, 2.45) is 0 Å². The second kappa shape index (κ2) is 4.41. The summed E-state index contributed by atoms with van der Waals surface area (Å²) in [5.41, 5.74) is 0.457. The largest absolute Gasteiger partial charge is 0.207 e. The van der Waals surface area contributed by atoms with Crippen LogP contribution in [0.3, 0.4) is 0 Å². The molecule has 0 aliphatic heterocycles. The third-order valence-electron chi connectivity index (χ3n) is 2.03. The molecular weight excluding hydrogens is 282 g/mol. The van der Waals surface area contributed by atoms with E-state index in [9.17, 15) is 8.78 Å². The Morgan fingerprint density at radius 3 is 2.60 bits per heavy atom. The maximum Gasteiger partial charge on any atom is 0.130 e. The van der Waals surface area contributed by atoms with E-state index in [1.807, 2.05) is 17.5 Å². The lowest BCUT2D eigenvalue weighted by atomic mass is 10.1. The molecule has 0 saturated heterocycles. The van der Waals surface area contributed by atoms with Gasteiger partial charge in [-0.1, -0.05) is 28.1 Å². The molecule has 2 rings (SSSR count). The molecule has 1 atom stereocenters. The van der Waals surface area contributed by atoms with Crippen molar-refractivity contribution in [3.63, 3.8) is 0 Å². The highest BCUT2D eigenvalue weighted by Crippen LogP contribution is 2.34. The maximum atomic E-state index is 13.4. The van der Waals surface area contributed by atoms with Crippen LogP contribution in [0.5, 0.6) is 0 Å². The molecule has 0 bridgehead atoms. The molecule has 78 valence electrons. The van der Waals surface area contributed by atoms with Crippen molar-refractivity contribution in [1.82, 2.24) is 0 Å². The number of hydrogen-bond acceptors (Lipinski definition) is 1. The third-order valence-corrected chi connectivity index (χ3v) is 4.26. The zero-order valence-corrected chi connectivity index (χ0v) is 9.99. The van der Waals surface area contributed by atoms with E-state index >= 15 is 0 Å². The third kappa shape index (κ3) is 2.26. The molecule has 1 aromatic heterocycles. The van der Waals surface area contributed by atoms with Crippen molar-refractivity contribution in [1.29, 1.82) is 0 Å². The van der Waals surface area contributed by atoms with Crippen LogP contribution in [0.2, 0.25) is 0 Å². The van der Waals surface area contributed by atoms with Gasteiger partial charge in [0.2, 0.25) is 0 Å². The molecule has 0 fully saturated rings. The number of hydrogen-bond donors (Lipinski definition) is 0. The zero-order valence-electron chi connectivity index (χ0n) is 7.58. The molecule has 0 radical (unpaired) electrons. The van der Waals surface area contributed by atoms with Gasteiger partial charge in [0.1, 0.15) is 11.6 Å². The predicted molar refractivity (Wildman–Crippen MR) is 61.4 cm³/mol. The second-order valence-electron chi connectivity index (χ2n) is 3.04. The molecule has 15 heavy (non-hydrogen) atoms. The van der Waals surface area contributed by atoms with Crippen LogP contribution in [0, 0.1) is 11.6 Å². The van der Waals surface area contributed by atoms with Crippen molar-refractivity contribution in [2.45, 2.75) is 4.83 Å². The summed E-state index contributed by atoms with van der Waals surface area (Å²) in [6.45, 7) is 0. The zero-order chi connectivity index (χ0) is 10.8. The van der Waals surface area contributed by atoms with Gasteiger partial charge < -0.3 is 0 Å². The fourth-order valence-corrected chi connectivity index (χ4v) is 2.86. The lowest BCUT2D eigenvalue weighted by Gasteiger charge is -2.08. The first-order valence-electron chi connectivity index (χ1n) is 4.31. The number of alkyl halides is 1. The van der Waals surface area contributed by atoms with Crippen LogP contribution in [-0.4, -0.2) is 0 Å². The average Bonchev–Trinajstić information content (AvgIpc) is 2.69. The van der Waals surface area contributed by atoms with Crippen LogP contribution >= 0.6 is 27.3 Å². The highest BCUT2D eigenvalue weighted by Gasteiger charge is 2.15. The van der Waals surface area contributed by atoms with Gasteiger partial charge in [-0.25, -0.2) is 8.78 Å². The molecule has 1 heterocycles. The molecule has 0 nitrogen and oxygen atoms in total. The summed E-state index contributed by atoms with van der Waals surface area (Å²) in [5.74, 6) is -1.08. The average molecular weight is 289 g/mol. The van der Waals surface area contributed by atoms with E-state index in [0.29, 0.717) is 5.56 Å². The Labute approximate surface area is 98.7 Å². The molecule has 1 unspecified atom stereocenters. The van der Waals surface area contributed by atoms with Crippen molar-refractivity contribution >= 4 is 27.3 Å². The number of halogens is 3. The minimum atomic E-state index is -0.554. The van der Waals surface area contributed by atoms with Gasteiger partial charge in [-0.2, -0.15) is 0 Å². The molecular formula is C11H7BrF2S. The molecule has 1 aromatic carbocycles. The maximum absolute atomic E-state index is 13.4. The summed E-state index contributed by atoms with van der Waals surface area (Å²) in [5, 5.41) is 1.92. The Bertz CT molecular complexity index is 454. The van der Waals surface area contributed by atoms with Gasteiger partial charge >= 0.3 is 0 Å². The predicted octanol–water partition coefficient (Wildman–Crippen LogP) is 4.51. The molecule has 4 heteroatoms. The van der Waals surface area contributed by atoms with Gasteiger partial charge in [-0.3, -0.25) is 0 Å². The number of benzene rings is 1. The number of rotatable bonds is 2. The quantitative estimate of drug-likeness (QED) is 0.713. The van der Waals surface area contributed by atoms with Crippen LogP contribution < -0.4 is 0 Å². The summed E-state index contributed by atoms with van der Waals surface area (Å²) < 4.78 is 26.1. The van der Waals surface area contributed by atoms with E-state index in [1.54, 1.807) is 0 Å². The Hall–Kier alpha value is -0.740. The lowest BCUT2D eigenvalue weighted by molar-refractivity contribution is 0.574. The topological polar surface area (TPSA) is 0 Å². The van der Waals surface area contributed by atoms with Crippen molar-refractivity contribution in [2.75, 3.05) is 0 Å². The van der Waals surface area contributed by atoms with Crippen LogP contribution in [-0.2, 0) is 0 Å². The standard InChI is InChI=1S/C11H7BrF2S/c12-11(10-2-1-5-15-10)8-4-3-7(13)6-9(8)14/h1-6,11H. The Kier molecular flexibility index (Phi) is 3.17. The van der Waals surface area contributed by atoms with E-state index < -0.39 is 11.6 Å². The summed E-state index contributed by atoms with van der Waals surface area (Å²) in [6.07, 6.45) is 0. The first-order valence-corrected chi connectivity index (χ1v) is 6.10. The van der Waals surface area contributed by atoms with Crippen molar-refractivity contribution < 1.29 is 8.78 Å². The Morgan fingerprint density at radius 1 is 1.20 bits per heavy atom. The highest BCUT2D eigenvalue weighted by molar-refractivity contribution is 9.09. The molecule has 0 amide bonds. The van der Waals surface area contributed by atoms with Gasteiger partial charge in [-0.05, 0) is 17.5 Å². The van der Waals surface area contributed by atoms with Crippen molar-refractivity contribution in [3.05, 3.63) is 57.8 Å². The fraction of sp³-hybridized carbons (Fsp3) is 0.0909. The molecule has 0 spiro atoms. The van der Waals surface area contributed by atoms with E-state index in [2.05, 4.69) is 15.9 Å². The first-order chi connectivity index (χ1) is 7.18. The Balaban J connectivity index is 2.38. The highest BCUT2D eigenvalue weighted by atomic mass is 79.9. The van der Waals surface area contributed by atoms with E-state index in [4.69, 9.17) is 0 Å². The first kappa shape index (κ1) is 10.8. The molecule has 0 saturated carbocycles. The van der Waals surface area contributed by atoms with Gasteiger partial charge in [0.25, 0.3) is 0 Å². The smallest absolute Gasteiger partial charge is 0.130 e. The monoisotopic (exact) mass is 288 g/mol. The van der Waals surface area contributed by atoms with Gasteiger partial charge in [0.05, 0.1) is 4.83 Å². The lowest BCUT2D eigenvalue weighted by Crippen LogP contribution is -1.95. The van der Waals surface area contributed by atoms with E-state index in [0.717, 1.165) is 10.9 Å². The van der Waals surface area contributed by atoms with Gasteiger partial charge in [0.15, 0.2) is 0 Å². The van der Waals surface area contributed by atoms with Crippen LogP contribution in [0.15, 0.2) is 35.7 Å². The summed E-state index contributed by atoms with van der Waals surface area (Å²) >= 11 is 4.93. The molecule has 0 N–H and O–H groups in total. The fourth-order valence-electron chi connectivity index (χ4n) is 1.30. The summed E-state index contributed by atoms with van der Waals surface area (Å²) in [7, 11) is 0. The van der Waals surface area contributed by atoms with Gasteiger partial charge in [0, 0.05) is 16.5 Å². The van der Waals surface area contributed by atoms with E-state index in [-0.39, 0.29) is 4.83 Å². The van der Waals surface area contributed by atoms with Crippen LogP contribution in [0.4, 0.5) is 8.78 Å².